The summed E-state index contributed by atoms with van der Waals surface area (Å²) in [5.74, 6) is -1.46. The maximum Gasteiger partial charge on any atom is 0.306 e. The number of fused-ring (bicyclic) bond motifs is 1. The van der Waals surface area contributed by atoms with Crippen LogP contribution >= 0.6 is 0 Å². The van der Waals surface area contributed by atoms with Crippen LogP contribution in [0.15, 0.2) is 30.3 Å². The van der Waals surface area contributed by atoms with Crippen LogP contribution in [0.25, 0.3) is 0 Å². The van der Waals surface area contributed by atoms with E-state index in [4.69, 9.17) is 4.74 Å². The third kappa shape index (κ3) is 4.03. The first kappa shape index (κ1) is 21.4. The first-order valence-corrected chi connectivity index (χ1v) is 9.93. The van der Waals surface area contributed by atoms with Gasteiger partial charge in [0, 0.05) is 18.5 Å². The van der Waals surface area contributed by atoms with Gasteiger partial charge in [-0.15, -0.1) is 0 Å². The molecule has 0 fully saturated rings. The second kappa shape index (κ2) is 8.61. The van der Waals surface area contributed by atoms with Crippen LogP contribution in [0.4, 0.5) is 0 Å². The zero-order valence-corrected chi connectivity index (χ0v) is 17.7. The highest BCUT2D eigenvalue weighted by Crippen LogP contribution is 2.23. The number of Topliss-reactive ketones (excluding diaryl/α,β-unsaturated/α-hetero) is 1. The van der Waals surface area contributed by atoms with E-state index in [0.717, 1.165) is 27.2 Å². The van der Waals surface area contributed by atoms with Crippen molar-refractivity contribution in [2.75, 3.05) is 13.2 Å². The summed E-state index contributed by atoms with van der Waals surface area (Å²) < 4.78 is 5.14. The summed E-state index contributed by atoms with van der Waals surface area (Å²) in [4.78, 5) is 50.4. The third-order valence-corrected chi connectivity index (χ3v) is 5.64. The molecule has 0 N–H and O–H groups in total. The Bertz CT molecular complexity index is 1020. The third-order valence-electron chi connectivity index (χ3n) is 5.64. The van der Waals surface area contributed by atoms with E-state index < -0.39 is 5.97 Å². The van der Waals surface area contributed by atoms with Crippen molar-refractivity contribution in [1.29, 1.82) is 0 Å². The Morgan fingerprint density at radius 1 is 0.900 bits per heavy atom. The van der Waals surface area contributed by atoms with Gasteiger partial charge in [-0.3, -0.25) is 24.1 Å². The van der Waals surface area contributed by atoms with Crippen LogP contribution in [0.3, 0.4) is 0 Å². The molecule has 2 amide bonds. The molecule has 0 aromatic heterocycles. The summed E-state index contributed by atoms with van der Waals surface area (Å²) in [6.07, 6.45) is 0.297. The van der Waals surface area contributed by atoms with E-state index in [1.165, 1.54) is 0 Å². The van der Waals surface area contributed by atoms with E-state index in [0.29, 0.717) is 16.7 Å². The lowest BCUT2D eigenvalue weighted by Crippen LogP contribution is -2.31. The summed E-state index contributed by atoms with van der Waals surface area (Å²) in [6.45, 7) is 7.54. The number of rotatable bonds is 7. The average Bonchev–Trinajstić information content (AvgIpc) is 2.95. The van der Waals surface area contributed by atoms with Gasteiger partial charge in [0.1, 0.15) is 0 Å². The molecule has 2 aromatic carbocycles. The SMILES string of the molecule is Cc1cc(C)c(C(=O)COC(=O)CCCN2C(=O)c3ccccc3C2=O)c(C)c1C. The first-order valence-electron chi connectivity index (χ1n) is 9.93. The van der Waals surface area contributed by atoms with E-state index >= 15 is 0 Å². The van der Waals surface area contributed by atoms with Gasteiger partial charge >= 0.3 is 5.97 Å². The fourth-order valence-electron chi connectivity index (χ4n) is 3.83. The quantitative estimate of drug-likeness (QED) is 0.397. The molecular weight excluding hydrogens is 382 g/mol. The second-order valence-corrected chi connectivity index (χ2v) is 7.63. The van der Waals surface area contributed by atoms with Crippen LogP contribution in [0.2, 0.25) is 0 Å². The summed E-state index contributed by atoms with van der Waals surface area (Å²) in [6, 6.07) is 8.61. The average molecular weight is 407 g/mol. The summed E-state index contributed by atoms with van der Waals surface area (Å²) in [5, 5.41) is 0. The molecule has 0 saturated heterocycles. The normalized spacial score (nSPS) is 12.9. The second-order valence-electron chi connectivity index (χ2n) is 7.63. The number of imide groups is 1. The Labute approximate surface area is 175 Å². The van der Waals surface area contributed by atoms with Gasteiger partial charge in [-0.1, -0.05) is 18.2 Å². The zero-order chi connectivity index (χ0) is 22.0. The molecule has 3 rings (SSSR count). The van der Waals surface area contributed by atoms with E-state index in [9.17, 15) is 19.2 Å². The topological polar surface area (TPSA) is 80.8 Å². The molecule has 0 atom stereocenters. The molecule has 30 heavy (non-hydrogen) atoms. The van der Waals surface area contributed by atoms with Gasteiger partial charge in [0.15, 0.2) is 6.61 Å². The zero-order valence-electron chi connectivity index (χ0n) is 17.7. The van der Waals surface area contributed by atoms with E-state index in [1.807, 2.05) is 33.8 Å². The number of nitrogens with zero attached hydrogens (tertiary/aromatic N) is 1. The highest BCUT2D eigenvalue weighted by molar-refractivity contribution is 6.21. The van der Waals surface area contributed by atoms with E-state index in [-0.39, 0.29) is 43.6 Å². The van der Waals surface area contributed by atoms with Crippen molar-refractivity contribution in [1.82, 2.24) is 4.90 Å². The predicted octanol–water partition coefficient (Wildman–Crippen LogP) is 3.72. The standard InChI is InChI=1S/C24H25NO5/c1-14-12-15(2)22(17(4)16(14)3)20(26)13-30-21(27)10-7-11-25-23(28)18-8-5-6-9-19(18)24(25)29/h5-6,8-9,12H,7,10-11,13H2,1-4H3. The highest BCUT2D eigenvalue weighted by atomic mass is 16.5. The molecule has 0 saturated carbocycles. The van der Waals surface area contributed by atoms with Crippen LogP contribution in [0, 0.1) is 27.7 Å². The van der Waals surface area contributed by atoms with Crippen LogP contribution in [0.5, 0.6) is 0 Å². The number of benzene rings is 2. The minimum atomic E-state index is -0.529. The molecule has 1 aliphatic heterocycles. The van der Waals surface area contributed by atoms with Gasteiger partial charge in [0.2, 0.25) is 5.78 Å². The smallest absolute Gasteiger partial charge is 0.306 e. The monoisotopic (exact) mass is 407 g/mol. The molecule has 0 unspecified atom stereocenters. The molecule has 2 aromatic rings. The number of carbonyl (C=O) groups excluding carboxylic acids is 4. The molecule has 0 aliphatic carbocycles. The first-order chi connectivity index (χ1) is 14.2. The maximum absolute atomic E-state index is 12.6. The lowest BCUT2D eigenvalue weighted by Gasteiger charge is -2.15. The van der Waals surface area contributed by atoms with Gasteiger partial charge < -0.3 is 4.74 Å². The fraction of sp³-hybridized carbons (Fsp3) is 0.333. The van der Waals surface area contributed by atoms with Gasteiger partial charge in [0.05, 0.1) is 11.1 Å². The van der Waals surface area contributed by atoms with Crippen molar-refractivity contribution < 1.29 is 23.9 Å². The van der Waals surface area contributed by atoms with Gasteiger partial charge in [-0.2, -0.15) is 0 Å². The predicted molar refractivity (Wildman–Crippen MR) is 112 cm³/mol. The summed E-state index contributed by atoms with van der Waals surface area (Å²) in [5.41, 5.74) is 5.30. The number of ether oxygens (including phenoxy) is 1. The number of ketones is 1. The Morgan fingerprint density at radius 3 is 2.10 bits per heavy atom. The Hall–Kier alpha value is -3.28. The number of hydrogen-bond donors (Lipinski definition) is 0. The molecule has 0 bridgehead atoms. The van der Waals surface area contributed by atoms with Crippen molar-refractivity contribution in [3.05, 3.63) is 69.3 Å². The molecule has 0 radical (unpaired) electrons. The molecule has 6 heteroatoms. The Morgan fingerprint density at radius 2 is 1.50 bits per heavy atom. The molecule has 1 aliphatic rings. The minimum Gasteiger partial charge on any atom is -0.457 e. The van der Waals surface area contributed by atoms with Crippen molar-refractivity contribution in [2.24, 2.45) is 0 Å². The van der Waals surface area contributed by atoms with Crippen LogP contribution in [0.1, 0.15) is 66.2 Å². The van der Waals surface area contributed by atoms with Crippen molar-refractivity contribution in [3.8, 4) is 0 Å². The molecule has 0 spiro atoms. The number of amides is 2. The molecule has 6 nitrogen and oxygen atoms in total. The number of carbonyl (C=O) groups is 4. The number of aryl methyl sites for hydroxylation is 2. The minimum absolute atomic E-state index is 0.0194. The van der Waals surface area contributed by atoms with Crippen LogP contribution in [-0.4, -0.2) is 41.6 Å². The summed E-state index contributed by atoms with van der Waals surface area (Å²) >= 11 is 0. The Balaban J connectivity index is 1.51. The van der Waals surface area contributed by atoms with E-state index in [1.54, 1.807) is 24.3 Å². The lowest BCUT2D eigenvalue weighted by molar-refractivity contribution is -0.142. The van der Waals surface area contributed by atoms with Crippen molar-refractivity contribution in [3.63, 3.8) is 0 Å². The van der Waals surface area contributed by atoms with E-state index in [2.05, 4.69) is 0 Å². The maximum atomic E-state index is 12.6. The number of hydrogen-bond acceptors (Lipinski definition) is 5. The van der Waals surface area contributed by atoms with Crippen molar-refractivity contribution >= 4 is 23.6 Å². The number of esters is 1. The fourth-order valence-corrected chi connectivity index (χ4v) is 3.83. The Kier molecular flexibility index (Phi) is 6.15. The highest BCUT2D eigenvalue weighted by Gasteiger charge is 2.34. The summed E-state index contributed by atoms with van der Waals surface area (Å²) in [7, 11) is 0. The van der Waals surface area contributed by atoms with Gasteiger partial charge in [-0.25, -0.2) is 0 Å². The molecule has 1 heterocycles. The van der Waals surface area contributed by atoms with Crippen LogP contribution < -0.4 is 0 Å². The molecular formula is C24H25NO5. The van der Waals surface area contributed by atoms with Crippen LogP contribution in [-0.2, 0) is 9.53 Å². The molecule has 156 valence electrons. The van der Waals surface area contributed by atoms with Gasteiger partial charge in [-0.05, 0) is 68.5 Å². The van der Waals surface area contributed by atoms with Gasteiger partial charge in [0.25, 0.3) is 11.8 Å². The largest absolute Gasteiger partial charge is 0.457 e. The van der Waals surface area contributed by atoms with Crippen molar-refractivity contribution in [2.45, 2.75) is 40.5 Å². The lowest BCUT2D eigenvalue weighted by atomic mass is 9.92.